The zero-order valence-corrected chi connectivity index (χ0v) is 14.1. The van der Waals surface area contributed by atoms with E-state index >= 15 is 0 Å². The molecule has 0 unspecified atom stereocenters. The van der Waals surface area contributed by atoms with E-state index in [2.05, 4.69) is 15.2 Å². The highest BCUT2D eigenvalue weighted by Gasteiger charge is 2.18. The van der Waals surface area contributed by atoms with Crippen LogP contribution in [0.25, 0.3) is 32.7 Å². The van der Waals surface area contributed by atoms with Gasteiger partial charge in [-0.25, -0.2) is 9.37 Å². The predicted molar refractivity (Wildman–Crippen MR) is 94.2 cm³/mol. The lowest BCUT2D eigenvalue weighted by Gasteiger charge is -2.08. The van der Waals surface area contributed by atoms with Gasteiger partial charge in [0.1, 0.15) is 11.6 Å². The largest absolute Gasteiger partial charge is 0.496 e. The normalized spacial score (nSPS) is 11.1. The van der Waals surface area contributed by atoms with Gasteiger partial charge in [0.15, 0.2) is 5.65 Å². The molecule has 4 aromatic rings. The molecule has 0 saturated heterocycles. The summed E-state index contributed by atoms with van der Waals surface area (Å²) in [6, 6.07) is 10.1. The number of rotatable bonds is 3. The van der Waals surface area contributed by atoms with Gasteiger partial charge in [-0.15, -0.1) is 11.3 Å². The molecule has 3 aromatic heterocycles. The summed E-state index contributed by atoms with van der Waals surface area (Å²) in [4.78, 5) is 5.32. The van der Waals surface area contributed by atoms with Crippen LogP contribution in [-0.4, -0.2) is 22.3 Å². The van der Waals surface area contributed by atoms with Crippen molar-refractivity contribution in [2.45, 2.75) is 0 Å². The van der Waals surface area contributed by atoms with E-state index in [0.717, 1.165) is 27.1 Å². The van der Waals surface area contributed by atoms with Crippen molar-refractivity contribution in [2.75, 3.05) is 7.11 Å². The molecule has 120 valence electrons. The second-order valence-electron chi connectivity index (χ2n) is 5.10. The Morgan fingerprint density at radius 3 is 2.79 bits per heavy atom. The van der Waals surface area contributed by atoms with Gasteiger partial charge in [0.25, 0.3) is 0 Å². The molecule has 0 atom stereocenters. The van der Waals surface area contributed by atoms with Crippen LogP contribution in [0.2, 0.25) is 4.34 Å². The number of benzene rings is 1. The van der Waals surface area contributed by atoms with Gasteiger partial charge in [-0.05, 0) is 30.3 Å². The molecule has 0 bridgehead atoms. The lowest BCUT2D eigenvalue weighted by atomic mass is 10.0. The number of aromatic amines is 1. The Morgan fingerprint density at radius 1 is 1.17 bits per heavy atom. The molecule has 4 nitrogen and oxygen atoms in total. The van der Waals surface area contributed by atoms with Crippen LogP contribution in [0, 0.1) is 5.82 Å². The standard InChI is InChI=1S/C17H11ClFN3OS/c1-23-12-8-9(19)2-3-10(12)16-15-11(13-4-5-14(18)24-13)6-7-20-17(15)22-21-16/h2-8H,1H3,(H,20,21,22). The molecule has 0 amide bonds. The molecule has 0 fully saturated rings. The van der Waals surface area contributed by atoms with Crippen LogP contribution in [0.5, 0.6) is 5.75 Å². The minimum absolute atomic E-state index is 0.359. The third-order valence-corrected chi connectivity index (χ3v) is 4.99. The lowest BCUT2D eigenvalue weighted by Crippen LogP contribution is -1.90. The Kier molecular flexibility index (Phi) is 3.70. The highest BCUT2D eigenvalue weighted by atomic mass is 35.5. The number of aromatic nitrogens is 3. The highest BCUT2D eigenvalue weighted by Crippen LogP contribution is 2.40. The summed E-state index contributed by atoms with van der Waals surface area (Å²) in [5, 5.41) is 8.12. The Bertz CT molecular complexity index is 1040. The van der Waals surface area contributed by atoms with Gasteiger partial charge in [-0.3, -0.25) is 5.10 Å². The smallest absolute Gasteiger partial charge is 0.182 e. The summed E-state index contributed by atoms with van der Waals surface area (Å²) >= 11 is 7.56. The Balaban J connectivity index is 2.01. The minimum atomic E-state index is -0.359. The first kappa shape index (κ1) is 15.1. The van der Waals surface area contributed by atoms with Crippen molar-refractivity contribution in [1.82, 2.24) is 15.2 Å². The summed E-state index contributed by atoms with van der Waals surface area (Å²) in [7, 11) is 1.51. The number of ether oxygens (including phenoxy) is 1. The Hall–Kier alpha value is -2.44. The van der Waals surface area contributed by atoms with Crippen molar-refractivity contribution in [3.63, 3.8) is 0 Å². The molecular weight excluding hydrogens is 349 g/mol. The molecule has 1 aromatic carbocycles. The monoisotopic (exact) mass is 359 g/mol. The van der Waals surface area contributed by atoms with E-state index in [0.29, 0.717) is 15.7 Å². The number of fused-ring (bicyclic) bond motifs is 1. The van der Waals surface area contributed by atoms with E-state index < -0.39 is 0 Å². The molecule has 1 N–H and O–H groups in total. The van der Waals surface area contributed by atoms with Crippen molar-refractivity contribution in [1.29, 1.82) is 0 Å². The van der Waals surface area contributed by atoms with Crippen LogP contribution < -0.4 is 4.74 Å². The number of H-pyrrole nitrogens is 1. The number of pyridine rings is 1. The van der Waals surface area contributed by atoms with Gasteiger partial charge in [-0.1, -0.05) is 11.6 Å². The van der Waals surface area contributed by atoms with Gasteiger partial charge in [0.2, 0.25) is 0 Å². The summed E-state index contributed by atoms with van der Waals surface area (Å²) in [6.07, 6.45) is 1.71. The second-order valence-corrected chi connectivity index (χ2v) is 6.82. The van der Waals surface area contributed by atoms with E-state index in [1.54, 1.807) is 12.3 Å². The van der Waals surface area contributed by atoms with E-state index in [9.17, 15) is 4.39 Å². The first-order valence-corrected chi connectivity index (χ1v) is 8.29. The first-order valence-electron chi connectivity index (χ1n) is 7.10. The van der Waals surface area contributed by atoms with Crippen molar-refractivity contribution < 1.29 is 9.13 Å². The fourth-order valence-electron chi connectivity index (χ4n) is 2.68. The van der Waals surface area contributed by atoms with E-state index in [1.165, 1.54) is 30.6 Å². The van der Waals surface area contributed by atoms with E-state index in [4.69, 9.17) is 16.3 Å². The maximum absolute atomic E-state index is 13.5. The van der Waals surface area contributed by atoms with Crippen LogP contribution in [0.1, 0.15) is 0 Å². The Morgan fingerprint density at radius 2 is 2.04 bits per heavy atom. The van der Waals surface area contributed by atoms with Crippen LogP contribution in [0.3, 0.4) is 0 Å². The van der Waals surface area contributed by atoms with Crippen LogP contribution in [-0.2, 0) is 0 Å². The summed E-state index contributed by atoms with van der Waals surface area (Å²) < 4.78 is 19.5. The number of nitrogens with one attached hydrogen (secondary N) is 1. The first-order chi connectivity index (χ1) is 11.7. The summed E-state index contributed by atoms with van der Waals surface area (Å²) in [6.45, 7) is 0. The molecular formula is C17H11ClFN3OS. The van der Waals surface area contributed by atoms with Crippen molar-refractivity contribution in [3.05, 3.63) is 52.7 Å². The number of methoxy groups -OCH3 is 1. The zero-order valence-electron chi connectivity index (χ0n) is 12.5. The number of nitrogens with zero attached hydrogens (tertiary/aromatic N) is 2. The molecule has 4 rings (SSSR count). The SMILES string of the molecule is COc1cc(F)ccc1-c1[nH]nc2nccc(-c3ccc(Cl)s3)c12. The fourth-order valence-corrected chi connectivity index (χ4v) is 3.75. The maximum atomic E-state index is 13.5. The minimum Gasteiger partial charge on any atom is -0.496 e. The zero-order chi connectivity index (χ0) is 16.7. The van der Waals surface area contributed by atoms with Gasteiger partial charge in [0, 0.05) is 28.3 Å². The average Bonchev–Trinajstić information content (AvgIpc) is 3.21. The van der Waals surface area contributed by atoms with E-state index in [1.807, 2.05) is 18.2 Å². The number of hydrogen-bond donors (Lipinski definition) is 1. The molecule has 0 radical (unpaired) electrons. The van der Waals surface area contributed by atoms with Crippen LogP contribution in [0.15, 0.2) is 42.6 Å². The number of halogens is 2. The molecule has 7 heteroatoms. The third kappa shape index (κ3) is 2.44. The van der Waals surface area contributed by atoms with Crippen LogP contribution in [0.4, 0.5) is 4.39 Å². The summed E-state index contributed by atoms with van der Waals surface area (Å²) in [5.74, 6) is 0.0716. The molecule has 24 heavy (non-hydrogen) atoms. The molecule has 3 heterocycles. The third-order valence-electron chi connectivity index (χ3n) is 3.73. The van der Waals surface area contributed by atoms with Crippen LogP contribution >= 0.6 is 22.9 Å². The predicted octanol–water partition coefficient (Wildman–Crippen LogP) is 5.15. The van der Waals surface area contributed by atoms with Gasteiger partial charge < -0.3 is 4.74 Å². The molecule has 0 aliphatic carbocycles. The van der Waals surface area contributed by atoms with Gasteiger partial charge in [-0.2, -0.15) is 5.10 Å². The van der Waals surface area contributed by atoms with Crippen molar-refractivity contribution in [3.8, 4) is 27.4 Å². The second kappa shape index (κ2) is 5.89. The molecule has 0 aliphatic rings. The Labute approximate surface area is 145 Å². The molecule has 0 aliphatic heterocycles. The summed E-state index contributed by atoms with van der Waals surface area (Å²) in [5.41, 5.74) is 3.00. The average molecular weight is 360 g/mol. The molecule has 0 saturated carbocycles. The maximum Gasteiger partial charge on any atom is 0.182 e. The number of hydrogen-bond acceptors (Lipinski definition) is 4. The van der Waals surface area contributed by atoms with Gasteiger partial charge >= 0.3 is 0 Å². The fraction of sp³-hybridized carbons (Fsp3) is 0.0588. The quantitative estimate of drug-likeness (QED) is 0.550. The van der Waals surface area contributed by atoms with Gasteiger partial charge in [0.05, 0.1) is 22.5 Å². The highest BCUT2D eigenvalue weighted by molar-refractivity contribution is 7.19. The van der Waals surface area contributed by atoms with Crippen molar-refractivity contribution in [2.24, 2.45) is 0 Å². The van der Waals surface area contributed by atoms with Crippen molar-refractivity contribution >= 4 is 34.0 Å². The topological polar surface area (TPSA) is 50.8 Å². The lowest BCUT2D eigenvalue weighted by molar-refractivity contribution is 0.413. The number of thiophene rings is 1. The van der Waals surface area contributed by atoms with E-state index in [-0.39, 0.29) is 5.82 Å². The molecule has 0 spiro atoms.